The highest BCUT2D eigenvalue weighted by molar-refractivity contribution is 6.30. The fourth-order valence-corrected chi connectivity index (χ4v) is 1.62. The molecule has 4 heteroatoms. The normalized spacial score (nSPS) is 12.4. The molecule has 0 aliphatic rings. The Morgan fingerprint density at radius 3 is 2.53 bits per heavy atom. The Balaban J connectivity index is 2.67. The van der Waals surface area contributed by atoms with E-state index in [-0.39, 0.29) is 11.9 Å². The van der Waals surface area contributed by atoms with Gasteiger partial charge in [0.2, 0.25) is 0 Å². The van der Waals surface area contributed by atoms with E-state index in [0.29, 0.717) is 10.8 Å². The number of nitrogens with one attached hydrogen (secondary N) is 1. The van der Waals surface area contributed by atoms with E-state index in [0.717, 1.165) is 5.56 Å². The van der Waals surface area contributed by atoms with E-state index in [1.165, 1.54) is 0 Å². The zero-order valence-electron chi connectivity index (χ0n) is 10.6. The molecule has 0 aliphatic carbocycles. The number of amides is 1. The topological polar surface area (TPSA) is 38.3 Å². The quantitative estimate of drug-likeness (QED) is 0.898. The van der Waals surface area contributed by atoms with Crippen LogP contribution in [0.5, 0.6) is 5.75 Å². The van der Waals surface area contributed by atoms with Gasteiger partial charge in [0.1, 0.15) is 5.75 Å². The van der Waals surface area contributed by atoms with Crippen molar-refractivity contribution in [3.63, 3.8) is 0 Å². The van der Waals surface area contributed by atoms with E-state index in [9.17, 15) is 4.79 Å². The largest absolute Gasteiger partial charge is 0.481 e. The van der Waals surface area contributed by atoms with Crippen LogP contribution in [-0.4, -0.2) is 18.1 Å². The van der Waals surface area contributed by atoms with Crippen LogP contribution in [0.2, 0.25) is 5.02 Å². The Labute approximate surface area is 107 Å². The molecular formula is C13H18ClNO2. The van der Waals surface area contributed by atoms with Crippen molar-refractivity contribution >= 4 is 17.5 Å². The third-order valence-electron chi connectivity index (χ3n) is 2.24. The Kier molecular flexibility index (Phi) is 4.82. The fourth-order valence-electron chi connectivity index (χ4n) is 1.39. The highest BCUT2D eigenvalue weighted by Crippen LogP contribution is 2.22. The summed E-state index contributed by atoms with van der Waals surface area (Å²) in [6, 6.07) is 5.44. The first-order valence-electron chi connectivity index (χ1n) is 5.63. The second-order valence-electron chi connectivity index (χ2n) is 4.33. The second-order valence-corrected chi connectivity index (χ2v) is 4.77. The first-order valence-corrected chi connectivity index (χ1v) is 6.01. The highest BCUT2D eigenvalue weighted by Gasteiger charge is 2.16. The number of ether oxygens (including phenoxy) is 1. The molecule has 94 valence electrons. The van der Waals surface area contributed by atoms with Crippen LogP contribution in [0, 0.1) is 6.92 Å². The number of carbonyl (C=O) groups excluding carboxylic acids is 1. The lowest BCUT2D eigenvalue weighted by Gasteiger charge is -2.17. The Bertz CT molecular complexity index is 404. The summed E-state index contributed by atoms with van der Waals surface area (Å²) >= 11 is 5.85. The number of rotatable bonds is 4. The van der Waals surface area contributed by atoms with Gasteiger partial charge in [-0.2, -0.15) is 0 Å². The van der Waals surface area contributed by atoms with E-state index in [1.807, 2.05) is 26.8 Å². The molecule has 0 saturated heterocycles. The van der Waals surface area contributed by atoms with Gasteiger partial charge >= 0.3 is 0 Å². The fraction of sp³-hybridized carbons (Fsp3) is 0.462. The van der Waals surface area contributed by atoms with Crippen molar-refractivity contribution < 1.29 is 9.53 Å². The standard InChI is InChI=1S/C13H18ClNO2/c1-8(2)15-13(16)10(4)17-12-6-5-11(14)7-9(12)3/h5-8,10H,1-4H3,(H,15,16). The van der Waals surface area contributed by atoms with Crippen LogP contribution < -0.4 is 10.1 Å². The number of aryl methyl sites for hydroxylation is 1. The highest BCUT2D eigenvalue weighted by atomic mass is 35.5. The number of halogens is 1. The Morgan fingerprint density at radius 1 is 1.35 bits per heavy atom. The third kappa shape index (κ3) is 4.27. The molecule has 0 radical (unpaired) electrons. The predicted octanol–water partition coefficient (Wildman–Crippen LogP) is 2.94. The van der Waals surface area contributed by atoms with Gasteiger partial charge in [-0.05, 0) is 51.5 Å². The van der Waals surface area contributed by atoms with E-state index < -0.39 is 6.10 Å². The number of hydrogen-bond acceptors (Lipinski definition) is 2. The van der Waals surface area contributed by atoms with E-state index >= 15 is 0 Å². The summed E-state index contributed by atoms with van der Waals surface area (Å²) in [5, 5.41) is 3.46. The molecule has 1 aromatic carbocycles. The molecule has 17 heavy (non-hydrogen) atoms. The maximum atomic E-state index is 11.7. The zero-order valence-corrected chi connectivity index (χ0v) is 11.3. The SMILES string of the molecule is Cc1cc(Cl)ccc1OC(C)C(=O)NC(C)C. The zero-order chi connectivity index (χ0) is 13.0. The van der Waals surface area contributed by atoms with Gasteiger partial charge in [-0.15, -0.1) is 0 Å². The first kappa shape index (κ1) is 13.8. The van der Waals surface area contributed by atoms with E-state index in [1.54, 1.807) is 19.1 Å². The summed E-state index contributed by atoms with van der Waals surface area (Å²) in [5.41, 5.74) is 0.918. The molecule has 1 unspecified atom stereocenters. The van der Waals surface area contributed by atoms with Gasteiger partial charge in [-0.25, -0.2) is 0 Å². The maximum absolute atomic E-state index is 11.7. The Hall–Kier alpha value is -1.22. The molecule has 1 amide bonds. The maximum Gasteiger partial charge on any atom is 0.260 e. The molecule has 0 saturated carbocycles. The van der Waals surface area contributed by atoms with Crippen molar-refractivity contribution in [3.05, 3.63) is 28.8 Å². The van der Waals surface area contributed by atoms with Crippen LogP contribution >= 0.6 is 11.6 Å². The van der Waals surface area contributed by atoms with E-state index in [4.69, 9.17) is 16.3 Å². The van der Waals surface area contributed by atoms with Gasteiger partial charge < -0.3 is 10.1 Å². The molecule has 0 heterocycles. The summed E-state index contributed by atoms with van der Waals surface area (Å²) < 4.78 is 5.59. The molecule has 0 bridgehead atoms. The smallest absolute Gasteiger partial charge is 0.260 e. The van der Waals surface area contributed by atoms with Gasteiger partial charge in [-0.1, -0.05) is 11.6 Å². The number of carbonyl (C=O) groups is 1. The van der Waals surface area contributed by atoms with Gasteiger partial charge in [0.05, 0.1) is 0 Å². The summed E-state index contributed by atoms with van der Waals surface area (Å²) in [5.74, 6) is 0.565. The van der Waals surface area contributed by atoms with Gasteiger partial charge in [0.15, 0.2) is 6.10 Å². The van der Waals surface area contributed by atoms with Crippen molar-refractivity contribution in [1.29, 1.82) is 0 Å². The molecule has 0 aliphatic heterocycles. The average Bonchev–Trinajstić information content (AvgIpc) is 2.21. The van der Waals surface area contributed by atoms with Crippen LogP contribution in [0.3, 0.4) is 0 Å². The summed E-state index contributed by atoms with van der Waals surface area (Å²) in [6.45, 7) is 7.45. The third-order valence-corrected chi connectivity index (χ3v) is 2.48. The molecule has 0 aromatic heterocycles. The van der Waals surface area contributed by atoms with Crippen LogP contribution in [0.4, 0.5) is 0 Å². The van der Waals surface area contributed by atoms with Crippen molar-refractivity contribution in [2.24, 2.45) is 0 Å². The van der Waals surface area contributed by atoms with Gasteiger partial charge in [-0.3, -0.25) is 4.79 Å². The van der Waals surface area contributed by atoms with Crippen LogP contribution in [0.25, 0.3) is 0 Å². The van der Waals surface area contributed by atoms with Crippen molar-refractivity contribution in [1.82, 2.24) is 5.32 Å². The molecule has 0 fully saturated rings. The minimum atomic E-state index is -0.516. The van der Waals surface area contributed by atoms with Crippen LogP contribution in [0.15, 0.2) is 18.2 Å². The molecule has 3 nitrogen and oxygen atoms in total. The summed E-state index contributed by atoms with van der Waals surface area (Å²) in [7, 11) is 0. The van der Waals surface area contributed by atoms with Crippen molar-refractivity contribution in [3.8, 4) is 5.75 Å². The molecule has 1 rings (SSSR count). The lowest BCUT2D eigenvalue weighted by atomic mass is 10.2. The first-order chi connectivity index (χ1) is 7.90. The summed E-state index contributed by atoms with van der Waals surface area (Å²) in [4.78, 5) is 11.7. The summed E-state index contributed by atoms with van der Waals surface area (Å²) in [6.07, 6.45) is -0.516. The minimum absolute atomic E-state index is 0.111. The van der Waals surface area contributed by atoms with E-state index in [2.05, 4.69) is 5.32 Å². The molecule has 0 spiro atoms. The average molecular weight is 256 g/mol. The van der Waals surface area contributed by atoms with Crippen molar-refractivity contribution in [2.75, 3.05) is 0 Å². The Morgan fingerprint density at radius 2 is 2.00 bits per heavy atom. The number of hydrogen-bond donors (Lipinski definition) is 1. The predicted molar refractivity (Wildman–Crippen MR) is 69.6 cm³/mol. The van der Waals surface area contributed by atoms with Crippen LogP contribution in [0.1, 0.15) is 26.3 Å². The van der Waals surface area contributed by atoms with Gasteiger partial charge in [0, 0.05) is 11.1 Å². The molecule has 1 aromatic rings. The lowest BCUT2D eigenvalue weighted by molar-refractivity contribution is -0.127. The van der Waals surface area contributed by atoms with Gasteiger partial charge in [0.25, 0.3) is 5.91 Å². The molecule has 1 N–H and O–H groups in total. The number of benzene rings is 1. The molecular weight excluding hydrogens is 238 g/mol. The minimum Gasteiger partial charge on any atom is -0.481 e. The monoisotopic (exact) mass is 255 g/mol. The van der Waals surface area contributed by atoms with Crippen LogP contribution in [-0.2, 0) is 4.79 Å². The second kappa shape index (κ2) is 5.92. The van der Waals surface area contributed by atoms with Crippen molar-refractivity contribution in [2.45, 2.75) is 39.8 Å². The lowest BCUT2D eigenvalue weighted by Crippen LogP contribution is -2.40. The molecule has 1 atom stereocenters.